The summed E-state index contributed by atoms with van der Waals surface area (Å²) in [4.78, 5) is 10.6. The summed E-state index contributed by atoms with van der Waals surface area (Å²) in [6.07, 6.45) is 0.190. The third-order valence-electron chi connectivity index (χ3n) is 2.76. The van der Waals surface area contributed by atoms with Gasteiger partial charge < -0.3 is 5.11 Å². The van der Waals surface area contributed by atoms with Crippen molar-refractivity contribution in [3.63, 3.8) is 0 Å². The Morgan fingerprint density at radius 3 is 2.43 bits per heavy atom. The highest BCUT2D eigenvalue weighted by Crippen LogP contribution is 2.17. The van der Waals surface area contributed by atoms with Crippen LogP contribution in [0.5, 0.6) is 0 Å². The average molecular weight is 314 g/mol. The molecule has 7 heteroatoms. The van der Waals surface area contributed by atoms with Gasteiger partial charge in [0.25, 0.3) is 0 Å². The fourth-order valence-electron chi connectivity index (χ4n) is 1.71. The van der Waals surface area contributed by atoms with Crippen LogP contribution in [-0.2, 0) is 15.0 Å². The van der Waals surface area contributed by atoms with Gasteiger partial charge in [0, 0.05) is 19.5 Å². The standard InChI is InChI=1S/C14H22N2O4S/c1-12(2)11-15-21(19,20)16(10-6-9-14(17)18)13-7-4-3-5-8-13/h3-5,7-8,12,15H,6,9-11H2,1-2H3,(H,17,18). The van der Waals surface area contributed by atoms with E-state index >= 15 is 0 Å². The van der Waals surface area contributed by atoms with Gasteiger partial charge in [-0.2, -0.15) is 13.1 Å². The largest absolute Gasteiger partial charge is 0.481 e. The molecule has 0 aliphatic rings. The summed E-state index contributed by atoms with van der Waals surface area (Å²) in [7, 11) is -3.68. The number of carboxylic acids is 1. The van der Waals surface area contributed by atoms with Crippen molar-refractivity contribution >= 4 is 21.9 Å². The second kappa shape index (κ2) is 7.99. The molecule has 2 N–H and O–H groups in total. The first-order chi connectivity index (χ1) is 9.83. The number of nitrogens with zero attached hydrogens (tertiary/aromatic N) is 1. The SMILES string of the molecule is CC(C)CNS(=O)(=O)N(CCCC(=O)O)c1ccccc1. The van der Waals surface area contributed by atoms with Crippen molar-refractivity contribution in [2.45, 2.75) is 26.7 Å². The lowest BCUT2D eigenvalue weighted by atomic mass is 10.2. The zero-order chi connectivity index (χ0) is 15.9. The highest BCUT2D eigenvalue weighted by atomic mass is 32.2. The van der Waals surface area contributed by atoms with Gasteiger partial charge in [0.1, 0.15) is 0 Å². The molecule has 0 fully saturated rings. The molecule has 0 aliphatic carbocycles. The molecule has 118 valence electrons. The number of nitrogens with one attached hydrogen (secondary N) is 1. The lowest BCUT2D eigenvalue weighted by Gasteiger charge is -2.25. The smallest absolute Gasteiger partial charge is 0.303 e. The predicted molar refractivity (Wildman–Crippen MR) is 82.4 cm³/mol. The van der Waals surface area contributed by atoms with Crippen LogP contribution in [0.25, 0.3) is 0 Å². The van der Waals surface area contributed by atoms with Crippen LogP contribution in [0, 0.1) is 5.92 Å². The van der Waals surface area contributed by atoms with E-state index in [1.54, 1.807) is 30.3 Å². The van der Waals surface area contributed by atoms with Gasteiger partial charge in [0.15, 0.2) is 0 Å². The van der Waals surface area contributed by atoms with E-state index in [4.69, 9.17) is 5.11 Å². The highest BCUT2D eigenvalue weighted by Gasteiger charge is 2.22. The number of rotatable bonds is 9. The van der Waals surface area contributed by atoms with E-state index in [0.717, 1.165) is 0 Å². The summed E-state index contributed by atoms with van der Waals surface area (Å²) < 4.78 is 28.5. The van der Waals surface area contributed by atoms with Crippen LogP contribution in [-0.4, -0.2) is 32.6 Å². The van der Waals surface area contributed by atoms with Crippen LogP contribution < -0.4 is 9.03 Å². The Morgan fingerprint density at radius 2 is 1.90 bits per heavy atom. The van der Waals surface area contributed by atoms with E-state index in [1.807, 2.05) is 13.8 Å². The van der Waals surface area contributed by atoms with Crippen LogP contribution in [0.4, 0.5) is 5.69 Å². The van der Waals surface area contributed by atoms with Gasteiger partial charge in [0.2, 0.25) is 0 Å². The van der Waals surface area contributed by atoms with Gasteiger partial charge in [-0.25, -0.2) is 0 Å². The Kier molecular flexibility index (Phi) is 6.64. The lowest BCUT2D eigenvalue weighted by molar-refractivity contribution is -0.137. The third-order valence-corrected chi connectivity index (χ3v) is 4.27. The minimum atomic E-state index is -3.68. The van der Waals surface area contributed by atoms with E-state index in [-0.39, 0.29) is 25.3 Å². The third kappa shape index (κ3) is 6.14. The van der Waals surface area contributed by atoms with Crippen molar-refractivity contribution in [3.8, 4) is 0 Å². The molecule has 0 atom stereocenters. The second-order valence-electron chi connectivity index (χ2n) is 5.15. The molecule has 0 saturated heterocycles. The first-order valence-electron chi connectivity index (χ1n) is 6.87. The lowest BCUT2D eigenvalue weighted by Crippen LogP contribution is -2.42. The number of anilines is 1. The topological polar surface area (TPSA) is 86.7 Å². The number of aliphatic carboxylic acids is 1. The molecule has 6 nitrogen and oxygen atoms in total. The van der Waals surface area contributed by atoms with Crippen LogP contribution in [0.1, 0.15) is 26.7 Å². The van der Waals surface area contributed by atoms with Gasteiger partial charge >= 0.3 is 16.2 Å². The average Bonchev–Trinajstić information content (AvgIpc) is 2.42. The monoisotopic (exact) mass is 314 g/mol. The van der Waals surface area contributed by atoms with E-state index in [1.165, 1.54) is 4.31 Å². The molecule has 21 heavy (non-hydrogen) atoms. The maximum absolute atomic E-state index is 12.4. The normalized spacial score (nSPS) is 11.6. The summed E-state index contributed by atoms with van der Waals surface area (Å²) >= 11 is 0. The molecule has 0 amide bonds. The Morgan fingerprint density at radius 1 is 1.29 bits per heavy atom. The van der Waals surface area contributed by atoms with E-state index < -0.39 is 16.2 Å². The molecule has 0 bridgehead atoms. The fourth-order valence-corrected chi connectivity index (χ4v) is 3.17. The van der Waals surface area contributed by atoms with Crippen LogP contribution in [0.3, 0.4) is 0 Å². The minimum Gasteiger partial charge on any atom is -0.481 e. The number of hydrogen-bond acceptors (Lipinski definition) is 3. The van der Waals surface area contributed by atoms with Crippen molar-refractivity contribution in [3.05, 3.63) is 30.3 Å². The minimum absolute atomic E-state index is 0.0664. The molecule has 0 spiro atoms. The number of carbonyl (C=O) groups is 1. The van der Waals surface area contributed by atoms with E-state index in [0.29, 0.717) is 12.2 Å². The predicted octanol–water partition coefficient (Wildman–Crippen LogP) is 1.85. The maximum Gasteiger partial charge on any atom is 0.303 e. The van der Waals surface area contributed by atoms with Gasteiger partial charge in [-0.1, -0.05) is 32.0 Å². The number of hydrogen-bond donors (Lipinski definition) is 2. The molecule has 1 rings (SSSR count). The first-order valence-corrected chi connectivity index (χ1v) is 8.31. The summed E-state index contributed by atoms with van der Waals surface area (Å²) in [6.45, 7) is 4.30. The molecule has 0 heterocycles. The molecule has 1 aromatic carbocycles. The Hall–Kier alpha value is -1.60. The number of carboxylic acid groups (broad SMARTS) is 1. The summed E-state index contributed by atoms with van der Waals surface area (Å²) in [6, 6.07) is 8.67. The molecule has 0 unspecified atom stereocenters. The van der Waals surface area contributed by atoms with Crippen molar-refractivity contribution < 1.29 is 18.3 Å². The van der Waals surface area contributed by atoms with Crippen LogP contribution in [0.15, 0.2) is 30.3 Å². The second-order valence-corrected chi connectivity index (χ2v) is 6.83. The molecular weight excluding hydrogens is 292 g/mol. The zero-order valence-corrected chi connectivity index (χ0v) is 13.1. The van der Waals surface area contributed by atoms with Gasteiger partial charge in [-0.15, -0.1) is 0 Å². The fraction of sp³-hybridized carbons (Fsp3) is 0.500. The van der Waals surface area contributed by atoms with Gasteiger partial charge in [0.05, 0.1) is 5.69 Å². The van der Waals surface area contributed by atoms with E-state index in [2.05, 4.69) is 4.72 Å². The maximum atomic E-state index is 12.4. The van der Waals surface area contributed by atoms with Crippen molar-refractivity contribution in [2.24, 2.45) is 5.92 Å². The van der Waals surface area contributed by atoms with Gasteiger partial charge in [-0.05, 0) is 24.5 Å². The molecule has 1 aromatic rings. The zero-order valence-electron chi connectivity index (χ0n) is 12.3. The van der Waals surface area contributed by atoms with Crippen LogP contribution >= 0.6 is 0 Å². The molecule has 0 saturated carbocycles. The first kappa shape index (κ1) is 17.5. The van der Waals surface area contributed by atoms with Crippen molar-refractivity contribution in [1.29, 1.82) is 0 Å². The Bertz CT molecular complexity index is 543. The quantitative estimate of drug-likeness (QED) is 0.728. The Labute approximate surface area is 126 Å². The summed E-state index contributed by atoms with van der Waals surface area (Å²) in [5.74, 6) is -0.744. The molecular formula is C14H22N2O4S. The molecule has 0 aromatic heterocycles. The van der Waals surface area contributed by atoms with Crippen molar-refractivity contribution in [2.75, 3.05) is 17.4 Å². The number of para-hydroxylation sites is 1. The van der Waals surface area contributed by atoms with Crippen LogP contribution in [0.2, 0.25) is 0 Å². The summed E-state index contributed by atoms with van der Waals surface area (Å²) in [5.41, 5.74) is 0.527. The van der Waals surface area contributed by atoms with Gasteiger partial charge in [-0.3, -0.25) is 9.10 Å². The molecule has 0 aliphatic heterocycles. The Balaban J connectivity index is 2.88. The van der Waals surface area contributed by atoms with Crippen molar-refractivity contribution in [1.82, 2.24) is 4.72 Å². The highest BCUT2D eigenvalue weighted by molar-refractivity contribution is 7.90. The van der Waals surface area contributed by atoms with E-state index in [9.17, 15) is 13.2 Å². The molecule has 0 radical (unpaired) electrons. The number of benzene rings is 1. The summed E-state index contributed by atoms with van der Waals surface area (Å²) in [5, 5.41) is 8.69.